The van der Waals surface area contributed by atoms with E-state index in [4.69, 9.17) is 4.74 Å². The molecule has 1 aliphatic heterocycles. The number of aromatic nitrogens is 2. The molecule has 0 atom stereocenters. The molecule has 2 heterocycles. The van der Waals surface area contributed by atoms with Gasteiger partial charge in [0.1, 0.15) is 0 Å². The van der Waals surface area contributed by atoms with Gasteiger partial charge in [-0.3, -0.25) is 14.9 Å². The number of benzene rings is 1. The number of amides is 1. The molecule has 1 amide bonds. The second kappa shape index (κ2) is 8.93. The number of anilines is 1. The van der Waals surface area contributed by atoms with Gasteiger partial charge in [-0.05, 0) is 18.6 Å². The Morgan fingerprint density at radius 3 is 2.52 bits per heavy atom. The van der Waals surface area contributed by atoms with Crippen molar-refractivity contribution in [1.82, 2.24) is 14.9 Å². The van der Waals surface area contributed by atoms with E-state index in [9.17, 15) is 14.9 Å². The predicted octanol–water partition coefficient (Wildman–Crippen LogP) is 1.89. The Balaban J connectivity index is 1.40. The summed E-state index contributed by atoms with van der Waals surface area (Å²) in [5, 5.41) is 11.0. The Labute approximate surface area is 156 Å². The number of hydrogen-bond donors (Lipinski definition) is 0. The van der Waals surface area contributed by atoms with Crippen molar-refractivity contribution in [2.45, 2.75) is 12.8 Å². The van der Waals surface area contributed by atoms with Gasteiger partial charge in [0.05, 0.1) is 11.5 Å². The maximum absolute atomic E-state index is 12.3. The average Bonchev–Trinajstić information content (AvgIpc) is 2.72. The van der Waals surface area contributed by atoms with E-state index in [1.54, 1.807) is 36.7 Å². The lowest BCUT2D eigenvalue weighted by molar-refractivity contribution is -0.385. The van der Waals surface area contributed by atoms with Crippen molar-refractivity contribution in [2.24, 2.45) is 0 Å². The number of carbonyl (C=O) groups is 1. The fourth-order valence-corrected chi connectivity index (χ4v) is 2.90. The van der Waals surface area contributed by atoms with Crippen molar-refractivity contribution < 1.29 is 14.5 Å². The van der Waals surface area contributed by atoms with E-state index >= 15 is 0 Å². The molecule has 0 saturated carbocycles. The first-order valence-electron chi connectivity index (χ1n) is 8.81. The molecule has 0 bridgehead atoms. The second-order valence-corrected chi connectivity index (χ2v) is 6.09. The molecule has 9 heteroatoms. The molecule has 142 valence electrons. The first-order chi connectivity index (χ1) is 13.1. The molecule has 0 spiro atoms. The minimum atomic E-state index is -0.476. The largest absolute Gasteiger partial charge is 0.487 e. The highest BCUT2D eigenvalue weighted by Crippen LogP contribution is 2.25. The van der Waals surface area contributed by atoms with Gasteiger partial charge in [-0.1, -0.05) is 12.1 Å². The Morgan fingerprint density at radius 1 is 1.11 bits per heavy atom. The van der Waals surface area contributed by atoms with Gasteiger partial charge in [0.15, 0.2) is 5.75 Å². The lowest BCUT2D eigenvalue weighted by Crippen LogP contribution is -2.49. The SMILES string of the molecule is O=C(CCCOc1ccccc1[N+](=O)[O-])N1CCN(c2ncccn2)CC1. The molecule has 1 aromatic carbocycles. The number of ether oxygens (including phenoxy) is 1. The molecule has 1 aromatic heterocycles. The number of carbonyl (C=O) groups excluding carboxylic acids is 1. The number of rotatable bonds is 7. The van der Waals surface area contributed by atoms with E-state index in [1.165, 1.54) is 6.07 Å². The predicted molar refractivity (Wildman–Crippen MR) is 98.7 cm³/mol. The van der Waals surface area contributed by atoms with Crippen molar-refractivity contribution in [3.8, 4) is 5.75 Å². The van der Waals surface area contributed by atoms with Crippen LogP contribution in [0.1, 0.15) is 12.8 Å². The number of para-hydroxylation sites is 2. The fraction of sp³-hybridized carbons (Fsp3) is 0.389. The van der Waals surface area contributed by atoms with E-state index in [0.717, 1.165) is 0 Å². The molecule has 1 fully saturated rings. The van der Waals surface area contributed by atoms with Crippen molar-refractivity contribution in [3.05, 3.63) is 52.8 Å². The Bertz CT molecular complexity index is 778. The summed E-state index contributed by atoms with van der Waals surface area (Å²) in [5.41, 5.74) is -0.0666. The van der Waals surface area contributed by atoms with Crippen molar-refractivity contribution in [3.63, 3.8) is 0 Å². The molecule has 0 N–H and O–H groups in total. The van der Waals surface area contributed by atoms with E-state index in [2.05, 4.69) is 14.9 Å². The summed E-state index contributed by atoms with van der Waals surface area (Å²) in [6.45, 7) is 2.91. The molecule has 3 rings (SSSR count). The molecule has 0 radical (unpaired) electrons. The summed E-state index contributed by atoms with van der Waals surface area (Å²) in [4.78, 5) is 35.2. The van der Waals surface area contributed by atoms with Crippen LogP contribution in [0, 0.1) is 10.1 Å². The maximum Gasteiger partial charge on any atom is 0.310 e. The summed E-state index contributed by atoms with van der Waals surface area (Å²) in [6, 6.07) is 8.01. The number of nitro groups is 1. The van der Waals surface area contributed by atoms with Crippen molar-refractivity contribution in [1.29, 1.82) is 0 Å². The van der Waals surface area contributed by atoms with Crippen molar-refractivity contribution >= 4 is 17.5 Å². The minimum Gasteiger partial charge on any atom is -0.487 e. The maximum atomic E-state index is 12.3. The highest BCUT2D eigenvalue weighted by molar-refractivity contribution is 5.76. The van der Waals surface area contributed by atoms with E-state index in [1.807, 2.05) is 4.90 Å². The summed E-state index contributed by atoms with van der Waals surface area (Å²) >= 11 is 0. The van der Waals surface area contributed by atoms with Crippen LogP contribution in [0.2, 0.25) is 0 Å². The first kappa shape index (κ1) is 18.6. The van der Waals surface area contributed by atoms with E-state index in [-0.39, 0.29) is 24.0 Å². The average molecular weight is 371 g/mol. The fourth-order valence-electron chi connectivity index (χ4n) is 2.90. The minimum absolute atomic E-state index is 0.0646. The van der Waals surface area contributed by atoms with Crippen LogP contribution in [0.5, 0.6) is 5.75 Å². The molecule has 1 aliphatic rings. The standard InChI is InChI=1S/C18H21N5O4/c24-17(7-3-14-27-16-6-2-1-5-15(16)23(25)26)21-10-12-22(13-11-21)18-19-8-4-9-20-18/h1-2,4-6,8-9H,3,7,10-14H2. The quantitative estimate of drug-likeness (QED) is 0.416. The van der Waals surface area contributed by atoms with Gasteiger partial charge >= 0.3 is 5.69 Å². The summed E-state index contributed by atoms with van der Waals surface area (Å²) in [7, 11) is 0. The van der Waals surface area contributed by atoms with Crippen LogP contribution in [0.3, 0.4) is 0 Å². The molecule has 1 saturated heterocycles. The molecule has 2 aromatic rings. The molecule has 27 heavy (non-hydrogen) atoms. The Kier molecular flexibility index (Phi) is 6.14. The van der Waals surface area contributed by atoms with Gasteiger partial charge in [0.25, 0.3) is 0 Å². The third-order valence-corrected chi connectivity index (χ3v) is 4.32. The van der Waals surface area contributed by atoms with Crippen LogP contribution in [-0.2, 0) is 4.79 Å². The highest BCUT2D eigenvalue weighted by Gasteiger charge is 2.22. The first-order valence-corrected chi connectivity index (χ1v) is 8.81. The molecular formula is C18H21N5O4. The van der Waals surface area contributed by atoms with Gasteiger partial charge in [0, 0.05) is 51.1 Å². The topological polar surface area (TPSA) is 102 Å². The zero-order chi connectivity index (χ0) is 19.1. The van der Waals surface area contributed by atoms with Crippen LogP contribution in [0.25, 0.3) is 0 Å². The van der Waals surface area contributed by atoms with Gasteiger partial charge in [0.2, 0.25) is 11.9 Å². The van der Waals surface area contributed by atoms with Crippen LogP contribution in [0.4, 0.5) is 11.6 Å². The zero-order valence-electron chi connectivity index (χ0n) is 14.9. The number of nitro benzene ring substituents is 1. The number of hydrogen-bond acceptors (Lipinski definition) is 7. The number of piperazine rings is 1. The van der Waals surface area contributed by atoms with Crippen LogP contribution in [-0.4, -0.2) is 58.5 Å². The number of nitrogens with zero attached hydrogens (tertiary/aromatic N) is 5. The Morgan fingerprint density at radius 2 is 1.81 bits per heavy atom. The second-order valence-electron chi connectivity index (χ2n) is 6.09. The molecular weight excluding hydrogens is 350 g/mol. The third-order valence-electron chi connectivity index (χ3n) is 4.32. The third kappa shape index (κ3) is 4.90. The Hall–Kier alpha value is -3.23. The molecule has 0 aliphatic carbocycles. The normalized spacial score (nSPS) is 14.1. The van der Waals surface area contributed by atoms with Gasteiger partial charge in [-0.2, -0.15) is 0 Å². The zero-order valence-corrected chi connectivity index (χ0v) is 14.9. The summed E-state index contributed by atoms with van der Waals surface area (Å²) in [6.07, 6.45) is 4.27. The van der Waals surface area contributed by atoms with E-state index < -0.39 is 4.92 Å². The van der Waals surface area contributed by atoms with E-state index in [0.29, 0.717) is 45.0 Å². The highest BCUT2D eigenvalue weighted by atomic mass is 16.6. The smallest absolute Gasteiger partial charge is 0.310 e. The van der Waals surface area contributed by atoms with Crippen molar-refractivity contribution in [2.75, 3.05) is 37.7 Å². The van der Waals surface area contributed by atoms with Gasteiger partial charge < -0.3 is 14.5 Å². The van der Waals surface area contributed by atoms with Gasteiger partial charge in [-0.25, -0.2) is 9.97 Å². The summed E-state index contributed by atoms with van der Waals surface area (Å²) in [5.74, 6) is 0.976. The molecule has 9 nitrogen and oxygen atoms in total. The van der Waals surface area contributed by atoms with Gasteiger partial charge in [-0.15, -0.1) is 0 Å². The lowest BCUT2D eigenvalue weighted by Gasteiger charge is -2.34. The monoisotopic (exact) mass is 371 g/mol. The summed E-state index contributed by atoms with van der Waals surface area (Å²) < 4.78 is 5.47. The lowest BCUT2D eigenvalue weighted by atomic mass is 10.2. The van der Waals surface area contributed by atoms with Crippen LogP contribution in [0.15, 0.2) is 42.7 Å². The van der Waals surface area contributed by atoms with Crippen LogP contribution >= 0.6 is 0 Å². The molecule has 0 unspecified atom stereocenters. The van der Waals surface area contributed by atoms with Crippen LogP contribution < -0.4 is 9.64 Å².